The predicted molar refractivity (Wildman–Crippen MR) is 104 cm³/mol. The maximum absolute atomic E-state index is 12.0. The molecule has 8 heteroatoms. The third-order valence-corrected chi connectivity index (χ3v) is 4.57. The van der Waals surface area contributed by atoms with Gasteiger partial charge in [0.15, 0.2) is 6.19 Å². The third-order valence-electron chi connectivity index (χ3n) is 3.88. The molecule has 0 fully saturated rings. The molecule has 3 rings (SSSR count). The van der Waals surface area contributed by atoms with E-state index in [-0.39, 0.29) is 18.1 Å². The minimum absolute atomic E-state index is 0.105. The van der Waals surface area contributed by atoms with Gasteiger partial charge in [0.25, 0.3) is 5.56 Å². The Morgan fingerprint density at radius 3 is 2.65 bits per heavy atom. The van der Waals surface area contributed by atoms with Crippen molar-refractivity contribution in [3.8, 4) is 6.19 Å². The van der Waals surface area contributed by atoms with Crippen LogP contribution in [0.3, 0.4) is 0 Å². The number of nitrogens with two attached hydrogens (primary N) is 1. The zero-order chi connectivity index (χ0) is 18.8. The Bertz CT molecular complexity index is 1010. The van der Waals surface area contributed by atoms with Gasteiger partial charge in [-0.1, -0.05) is 34.1 Å². The highest BCUT2D eigenvalue weighted by Gasteiger charge is 2.26. The summed E-state index contributed by atoms with van der Waals surface area (Å²) in [5, 5.41) is 14.1. The van der Waals surface area contributed by atoms with Crippen molar-refractivity contribution < 1.29 is 0 Å². The Morgan fingerprint density at radius 1 is 1.27 bits per heavy atom. The van der Waals surface area contributed by atoms with Crippen molar-refractivity contribution >= 4 is 33.2 Å². The second-order valence-corrected chi connectivity index (χ2v) is 6.92. The van der Waals surface area contributed by atoms with Gasteiger partial charge in [0.1, 0.15) is 17.2 Å². The molecule has 0 saturated carbocycles. The number of hydrogen-bond acceptors (Lipinski definition) is 6. The minimum atomic E-state index is -0.198. The topological polar surface area (TPSA) is 100 Å². The van der Waals surface area contributed by atoms with Gasteiger partial charge in [-0.15, -0.1) is 0 Å². The molecule has 0 bridgehead atoms. The van der Waals surface area contributed by atoms with Gasteiger partial charge in [-0.05, 0) is 26.0 Å². The Kier molecular flexibility index (Phi) is 4.91. The first-order chi connectivity index (χ1) is 12.4. The van der Waals surface area contributed by atoms with Crippen LogP contribution in [-0.4, -0.2) is 27.1 Å². The molecule has 0 radical (unpaired) electrons. The van der Waals surface area contributed by atoms with Gasteiger partial charge in [-0.3, -0.25) is 9.69 Å². The van der Waals surface area contributed by atoms with Gasteiger partial charge >= 0.3 is 0 Å². The fraction of sp³-hybridized carbons (Fsp3) is 0.222. The van der Waals surface area contributed by atoms with E-state index in [9.17, 15) is 10.1 Å². The van der Waals surface area contributed by atoms with Crippen LogP contribution in [0.5, 0.6) is 0 Å². The molecule has 0 unspecified atom stereocenters. The zero-order valence-electron chi connectivity index (χ0n) is 14.3. The first kappa shape index (κ1) is 17.9. The molecule has 7 nitrogen and oxygen atoms in total. The van der Waals surface area contributed by atoms with Crippen LogP contribution in [0.2, 0.25) is 0 Å². The van der Waals surface area contributed by atoms with Crippen molar-refractivity contribution in [3.63, 3.8) is 0 Å². The second kappa shape index (κ2) is 7.14. The van der Waals surface area contributed by atoms with Gasteiger partial charge in [0.05, 0.1) is 18.3 Å². The van der Waals surface area contributed by atoms with Crippen molar-refractivity contribution in [1.29, 1.82) is 5.26 Å². The molecule has 0 saturated heterocycles. The van der Waals surface area contributed by atoms with Crippen molar-refractivity contribution in [2.75, 3.05) is 6.54 Å². The SMILES string of the molecule is CC(C)n1nc(C2=C(c3ccccc3Br)N(C#N)CC(N)=N2)ccc1=O. The van der Waals surface area contributed by atoms with E-state index < -0.39 is 0 Å². The van der Waals surface area contributed by atoms with E-state index in [0.717, 1.165) is 10.0 Å². The van der Waals surface area contributed by atoms with Crippen LogP contribution in [0.4, 0.5) is 0 Å². The molecule has 132 valence electrons. The van der Waals surface area contributed by atoms with Crippen molar-refractivity contribution in [1.82, 2.24) is 14.7 Å². The lowest BCUT2D eigenvalue weighted by molar-refractivity contribution is 0.500. The number of nitrogens with zero attached hydrogens (tertiary/aromatic N) is 5. The molecule has 2 heterocycles. The first-order valence-electron chi connectivity index (χ1n) is 8.02. The highest BCUT2D eigenvalue weighted by molar-refractivity contribution is 9.10. The second-order valence-electron chi connectivity index (χ2n) is 6.06. The Labute approximate surface area is 159 Å². The number of hydrogen-bond donors (Lipinski definition) is 1. The van der Waals surface area contributed by atoms with Gasteiger partial charge in [-0.25, -0.2) is 9.67 Å². The summed E-state index contributed by atoms with van der Waals surface area (Å²) in [4.78, 5) is 18.0. The summed E-state index contributed by atoms with van der Waals surface area (Å²) in [7, 11) is 0. The molecule has 2 aromatic rings. The number of benzene rings is 1. The molecular formula is C18H17BrN6O. The highest BCUT2D eigenvalue weighted by Crippen LogP contribution is 2.35. The molecule has 1 aliphatic heterocycles. The van der Waals surface area contributed by atoms with E-state index in [0.29, 0.717) is 22.9 Å². The van der Waals surface area contributed by atoms with Gasteiger partial charge in [0.2, 0.25) is 0 Å². The van der Waals surface area contributed by atoms with Crippen LogP contribution >= 0.6 is 15.9 Å². The third kappa shape index (κ3) is 3.26. The summed E-state index contributed by atoms with van der Waals surface area (Å²) in [5.74, 6) is 0.307. The standard InChI is InChI=1S/C18H17BrN6O/c1-11(2)25-16(26)8-7-14(23-25)17-18(12-5-3-4-6-13(12)19)24(10-20)9-15(21)22-17/h3-8,11H,9H2,1-2H3,(H2,21,22). The number of amidine groups is 1. The van der Waals surface area contributed by atoms with Gasteiger partial charge in [-0.2, -0.15) is 10.4 Å². The lowest BCUT2D eigenvalue weighted by Crippen LogP contribution is -2.34. The number of nitriles is 1. The normalized spacial score (nSPS) is 14.4. The quantitative estimate of drug-likeness (QED) is 0.780. The maximum Gasteiger partial charge on any atom is 0.267 e. The first-order valence-corrected chi connectivity index (χ1v) is 8.81. The molecule has 0 amide bonds. The summed E-state index contributed by atoms with van der Waals surface area (Å²) >= 11 is 3.53. The summed E-state index contributed by atoms with van der Waals surface area (Å²) in [5.41, 5.74) is 8.07. The van der Waals surface area contributed by atoms with Crippen molar-refractivity contribution in [3.05, 3.63) is 62.5 Å². The summed E-state index contributed by atoms with van der Waals surface area (Å²) in [6.07, 6.45) is 2.16. The summed E-state index contributed by atoms with van der Waals surface area (Å²) < 4.78 is 2.21. The smallest absolute Gasteiger partial charge is 0.267 e. The molecular weight excluding hydrogens is 396 g/mol. The van der Waals surface area contributed by atoms with Crippen molar-refractivity contribution in [2.24, 2.45) is 10.7 Å². The van der Waals surface area contributed by atoms with E-state index in [1.165, 1.54) is 15.6 Å². The summed E-state index contributed by atoms with van der Waals surface area (Å²) in [6.45, 7) is 3.95. The van der Waals surface area contributed by atoms with Crippen LogP contribution < -0.4 is 11.3 Å². The van der Waals surface area contributed by atoms with Crippen LogP contribution in [0, 0.1) is 11.5 Å². The number of rotatable bonds is 3. The molecule has 26 heavy (non-hydrogen) atoms. The van der Waals surface area contributed by atoms with E-state index in [1.807, 2.05) is 38.1 Å². The maximum atomic E-state index is 12.0. The molecule has 1 aromatic heterocycles. The molecule has 1 aromatic carbocycles. The Morgan fingerprint density at radius 2 is 2.00 bits per heavy atom. The zero-order valence-corrected chi connectivity index (χ0v) is 15.9. The fourth-order valence-corrected chi connectivity index (χ4v) is 3.19. The predicted octanol–water partition coefficient (Wildman–Crippen LogP) is 2.57. The average molecular weight is 413 g/mol. The monoisotopic (exact) mass is 412 g/mol. The van der Waals surface area contributed by atoms with Crippen LogP contribution in [-0.2, 0) is 0 Å². The highest BCUT2D eigenvalue weighted by atomic mass is 79.9. The lowest BCUT2D eigenvalue weighted by Gasteiger charge is -2.26. The van der Waals surface area contributed by atoms with Crippen molar-refractivity contribution in [2.45, 2.75) is 19.9 Å². The average Bonchev–Trinajstić information content (AvgIpc) is 2.62. The van der Waals surface area contributed by atoms with Crippen LogP contribution in [0.25, 0.3) is 11.4 Å². The van der Waals surface area contributed by atoms with Crippen LogP contribution in [0.15, 0.2) is 50.7 Å². The number of halogens is 1. The van der Waals surface area contributed by atoms with E-state index >= 15 is 0 Å². The van der Waals surface area contributed by atoms with E-state index in [2.05, 4.69) is 32.2 Å². The number of aliphatic imine (C=N–C) groups is 1. The molecule has 2 N–H and O–H groups in total. The van der Waals surface area contributed by atoms with E-state index in [4.69, 9.17) is 5.73 Å². The van der Waals surface area contributed by atoms with E-state index in [1.54, 1.807) is 6.07 Å². The molecule has 0 spiro atoms. The summed E-state index contributed by atoms with van der Waals surface area (Å²) in [6, 6.07) is 10.5. The fourth-order valence-electron chi connectivity index (χ4n) is 2.71. The number of aromatic nitrogens is 2. The Balaban J connectivity index is 2.32. The van der Waals surface area contributed by atoms with Crippen LogP contribution in [0.1, 0.15) is 31.1 Å². The largest absolute Gasteiger partial charge is 0.386 e. The van der Waals surface area contributed by atoms with Gasteiger partial charge in [0, 0.05) is 16.1 Å². The van der Waals surface area contributed by atoms with Gasteiger partial charge < -0.3 is 5.73 Å². The molecule has 0 aliphatic carbocycles. The minimum Gasteiger partial charge on any atom is -0.386 e. The Hall–Kier alpha value is -2.92. The lowest BCUT2D eigenvalue weighted by atomic mass is 10.1. The molecule has 1 aliphatic rings. The molecule has 0 atom stereocenters.